The maximum atomic E-state index is 13.2. The van der Waals surface area contributed by atoms with Crippen LogP contribution in [0.4, 0.5) is 17.6 Å². The Labute approximate surface area is 117 Å². The molecule has 1 aromatic heterocycles. The molecule has 0 amide bonds. The van der Waals surface area contributed by atoms with Gasteiger partial charge >= 0.3 is 6.18 Å². The summed E-state index contributed by atoms with van der Waals surface area (Å²) in [5, 5.41) is 0. The molecule has 114 valence electrons. The Hall–Kier alpha value is -1.13. The molecule has 5 heteroatoms. The number of alkyl halides is 3. The van der Waals surface area contributed by atoms with E-state index in [0.717, 1.165) is 32.1 Å². The third-order valence-electron chi connectivity index (χ3n) is 3.24. The topological polar surface area (TPSA) is 12.9 Å². The fourth-order valence-corrected chi connectivity index (χ4v) is 2.13. The molecule has 20 heavy (non-hydrogen) atoms. The van der Waals surface area contributed by atoms with Gasteiger partial charge in [0, 0.05) is 18.2 Å². The summed E-state index contributed by atoms with van der Waals surface area (Å²) in [6.07, 6.45) is 2.94. The third-order valence-corrected chi connectivity index (χ3v) is 3.24. The van der Waals surface area contributed by atoms with Crippen LogP contribution in [0.15, 0.2) is 18.3 Å². The van der Waals surface area contributed by atoms with E-state index in [4.69, 9.17) is 0 Å². The fourth-order valence-electron chi connectivity index (χ4n) is 2.13. The second kappa shape index (κ2) is 8.93. The molecule has 0 bridgehead atoms. The highest BCUT2D eigenvalue weighted by molar-refractivity contribution is 5.10. The lowest BCUT2D eigenvalue weighted by atomic mass is 10.0. The molecule has 0 N–H and O–H groups in total. The van der Waals surface area contributed by atoms with E-state index in [1.54, 1.807) is 12.1 Å². The molecule has 0 radical (unpaired) electrons. The Balaban J connectivity index is 1.94. The van der Waals surface area contributed by atoms with Crippen LogP contribution in [0.25, 0.3) is 0 Å². The zero-order valence-corrected chi connectivity index (χ0v) is 11.6. The molecule has 0 saturated heterocycles. The van der Waals surface area contributed by atoms with Crippen LogP contribution in [-0.2, 0) is 6.42 Å². The lowest BCUT2D eigenvalue weighted by molar-refractivity contribution is -0.135. The zero-order valence-electron chi connectivity index (χ0n) is 11.6. The van der Waals surface area contributed by atoms with E-state index in [-0.39, 0.29) is 6.42 Å². The minimum atomic E-state index is -4.02. The zero-order chi connectivity index (χ0) is 14.8. The molecule has 0 spiro atoms. The molecule has 1 nitrogen and oxygen atoms in total. The van der Waals surface area contributed by atoms with E-state index in [1.165, 1.54) is 6.20 Å². The van der Waals surface area contributed by atoms with Gasteiger partial charge in [-0.15, -0.1) is 0 Å². The first-order chi connectivity index (χ1) is 9.49. The Morgan fingerprint density at radius 3 is 2.10 bits per heavy atom. The van der Waals surface area contributed by atoms with Gasteiger partial charge in [-0.05, 0) is 25.3 Å². The maximum Gasteiger partial charge on any atom is 0.389 e. The van der Waals surface area contributed by atoms with Crippen molar-refractivity contribution >= 4 is 0 Å². The number of unbranched alkanes of at least 4 members (excludes halogenated alkanes) is 6. The van der Waals surface area contributed by atoms with Crippen LogP contribution in [0.1, 0.15) is 56.9 Å². The maximum absolute atomic E-state index is 13.2. The third kappa shape index (κ3) is 8.12. The fraction of sp³-hybridized carbons (Fsp3) is 0.667. The van der Waals surface area contributed by atoms with Gasteiger partial charge in [-0.3, -0.25) is 0 Å². The van der Waals surface area contributed by atoms with E-state index in [9.17, 15) is 17.6 Å². The molecular formula is C15H21F4N. The van der Waals surface area contributed by atoms with Gasteiger partial charge in [0.2, 0.25) is 5.95 Å². The molecular weight excluding hydrogens is 270 g/mol. The van der Waals surface area contributed by atoms with Gasteiger partial charge in [-0.2, -0.15) is 17.6 Å². The number of halogens is 4. The first-order valence-corrected chi connectivity index (χ1v) is 7.15. The summed E-state index contributed by atoms with van der Waals surface area (Å²) in [5.74, 6) is -0.403. The van der Waals surface area contributed by atoms with Crippen LogP contribution < -0.4 is 0 Å². The molecule has 0 aliphatic heterocycles. The lowest BCUT2D eigenvalue weighted by Crippen LogP contribution is -2.06. The summed E-state index contributed by atoms with van der Waals surface area (Å²) in [6, 6.07) is 3.46. The monoisotopic (exact) mass is 291 g/mol. The van der Waals surface area contributed by atoms with Gasteiger partial charge < -0.3 is 0 Å². The summed E-state index contributed by atoms with van der Waals surface area (Å²) < 4.78 is 48.9. The van der Waals surface area contributed by atoms with Crippen LogP contribution in [0.3, 0.4) is 0 Å². The Kier molecular flexibility index (Phi) is 7.55. The van der Waals surface area contributed by atoms with E-state index in [1.807, 2.05) is 0 Å². The van der Waals surface area contributed by atoms with Gasteiger partial charge in [0.05, 0.1) is 0 Å². The minimum Gasteiger partial charge on any atom is -0.228 e. The number of aryl methyl sites for hydroxylation is 1. The van der Waals surface area contributed by atoms with Gasteiger partial charge in [-0.1, -0.05) is 38.2 Å². The van der Waals surface area contributed by atoms with Gasteiger partial charge in [0.25, 0.3) is 0 Å². The molecule has 1 rings (SSSR count). The number of pyridine rings is 1. The smallest absolute Gasteiger partial charge is 0.228 e. The minimum absolute atomic E-state index is 0.227. The van der Waals surface area contributed by atoms with Crippen molar-refractivity contribution in [1.82, 2.24) is 4.98 Å². The number of rotatable bonds is 9. The predicted molar refractivity (Wildman–Crippen MR) is 70.9 cm³/mol. The molecule has 1 aromatic rings. The highest BCUT2D eigenvalue weighted by Gasteiger charge is 2.25. The molecule has 0 saturated carbocycles. The van der Waals surface area contributed by atoms with Crippen LogP contribution in [-0.4, -0.2) is 11.2 Å². The second-order valence-electron chi connectivity index (χ2n) is 5.04. The van der Waals surface area contributed by atoms with Crippen LogP contribution in [0, 0.1) is 5.95 Å². The molecule has 0 aromatic carbocycles. The van der Waals surface area contributed by atoms with Gasteiger partial charge in [0.1, 0.15) is 0 Å². The Bertz CT molecular complexity index is 376. The Morgan fingerprint density at radius 2 is 1.50 bits per heavy atom. The van der Waals surface area contributed by atoms with Crippen molar-refractivity contribution in [2.75, 3.05) is 0 Å². The number of nitrogens with zero attached hydrogens (tertiary/aromatic N) is 1. The van der Waals surface area contributed by atoms with Crippen molar-refractivity contribution < 1.29 is 17.6 Å². The van der Waals surface area contributed by atoms with E-state index in [0.29, 0.717) is 18.4 Å². The lowest BCUT2D eigenvalue weighted by Gasteiger charge is -2.05. The number of aromatic nitrogens is 1. The van der Waals surface area contributed by atoms with Crippen LogP contribution in [0.2, 0.25) is 0 Å². The van der Waals surface area contributed by atoms with E-state index in [2.05, 4.69) is 4.98 Å². The van der Waals surface area contributed by atoms with Crippen molar-refractivity contribution in [2.45, 2.75) is 64.0 Å². The summed E-state index contributed by atoms with van der Waals surface area (Å²) in [5.41, 5.74) is 0.637. The highest BCUT2D eigenvalue weighted by atomic mass is 19.4. The normalized spacial score (nSPS) is 11.8. The van der Waals surface area contributed by atoms with Crippen molar-refractivity contribution in [3.8, 4) is 0 Å². The predicted octanol–water partition coefficient (Wildman–Crippen LogP) is 5.45. The summed E-state index contributed by atoms with van der Waals surface area (Å²) in [4.78, 5) is 3.59. The number of hydrogen-bond acceptors (Lipinski definition) is 1. The average Bonchev–Trinajstić information content (AvgIpc) is 2.37. The summed E-state index contributed by atoms with van der Waals surface area (Å²) in [6.45, 7) is 0. The van der Waals surface area contributed by atoms with Crippen molar-refractivity contribution in [3.05, 3.63) is 29.8 Å². The van der Waals surface area contributed by atoms with Crippen molar-refractivity contribution in [1.29, 1.82) is 0 Å². The quantitative estimate of drug-likeness (QED) is 0.335. The largest absolute Gasteiger partial charge is 0.389 e. The molecule has 0 aliphatic carbocycles. The van der Waals surface area contributed by atoms with Crippen LogP contribution >= 0.6 is 0 Å². The van der Waals surface area contributed by atoms with Crippen LogP contribution in [0.5, 0.6) is 0 Å². The highest BCUT2D eigenvalue weighted by Crippen LogP contribution is 2.23. The van der Waals surface area contributed by atoms with Gasteiger partial charge in [-0.25, -0.2) is 4.98 Å². The molecule has 0 aliphatic rings. The summed E-state index contributed by atoms with van der Waals surface area (Å²) >= 11 is 0. The molecule has 1 heterocycles. The SMILES string of the molecule is Fc1ncccc1CCCCCCCCCC(F)(F)F. The Morgan fingerprint density at radius 1 is 0.900 bits per heavy atom. The molecule has 0 atom stereocenters. The van der Waals surface area contributed by atoms with E-state index >= 15 is 0 Å². The number of hydrogen-bond donors (Lipinski definition) is 0. The average molecular weight is 291 g/mol. The van der Waals surface area contributed by atoms with E-state index < -0.39 is 18.5 Å². The standard InChI is InChI=1S/C15H21F4N/c16-14-13(10-8-12-20-14)9-6-4-2-1-3-5-7-11-15(17,18)19/h8,10,12H,1-7,9,11H2. The summed E-state index contributed by atoms with van der Waals surface area (Å²) in [7, 11) is 0. The van der Waals surface area contributed by atoms with Gasteiger partial charge in [0.15, 0.2) is 0 Å². The first kappa shape index (κ1) is 16.9. The second-order valence-corrected chi connectivity index (χ2v) is 5.04. The molecule has 0 unspecified atom stereocenters. The van der Waals surface area contributed by atoms with Crippen molar-refractivity contribution in [2.24, 2.45) is 0 Å². The van der Waals surface area contributed by atoms with Crippen molar-refractivity contribution in [3.63, 3.8) is 0 Å². The molecule has 0 fully saturated rings. The first-order valence-electron chi connectivity index (χ1n) is 7.15.